The number of esters is 3. The van der Waals surface area contributed by atoms with E-state index in [2.05, 4.69) is 69.4 Å². The molecule has 0 rings (SSSR count). The maximum absolute atomic E-state index is 12.7. The van der Waals surface area contributed by atoms with Crippen molar-refractivity contribution in [3.63, 3.8) is 0 Å². The van der Waals surface area contributed by atoms with Crippen LogP contribution in [0.1, 0.15) is 265 Å². The van der Waals surface area contributed by atoms with E-state index in [1.165, 1.54) is 141 Å². The van der Waals surface area contributed by atoms with Crippen molar-refractivity contribution >= 4 is 17.9 Å². The van der Waals surface area contributed by atoms with Gasteiger partial charge in [-0.3, -0.25) is 14.4 Å². The summed E-state index contributed by atoms with van der Waals surface area (Å²) in [5, 5.41) is 0. The molecule has 6 heteroatoms. The minimum absolute atomic E-state index is 0.0770. The van der Waals surface area contributed by atoms with E-state index in [9.17, 15) is 14.4 Å². The van der Waals surface area contributed by atoms with Crippen LogP contribution in [0.5, 0.6) is 0 Å². The molecule has 0 aliphatic rings. The Morgan fingerprint density at radius 3 is 0.967 bits per heavy atom. The van der Waals surface area contributed by atoms with E-state index < -0.39 is 6.10 Å². The van der Waals surface area contributed by atoms with Crippen molar-refractivity contribution in [2.24, 2.45) is 0 Å². The minimum atomic E-state index is -0.773. The minimum Gasteiger partial charge on any atom is -0.462 e. The zero-order valence-electron chi connectivity index (χ0n) is 40.4. The Bertz CT molecular complexity index is 1070. The number of hydrogen-bond acceptors (Lipinski definition) is 6. The summed E-state index contributed by atoms with van der Waals surface area (Å²) >= 11 is 0. The second-order valence-electron chi connectivity index (χ2n) is 17.4. The third kappa shape index (κ3) is 48.3. The Kier molecular flexibility index (Phi) is 47.9. The van der Waals surface area contributed by atoms with Crippen LogP contribution >= 0.6 is 0 Å². The van der Waals surface area contributed by atoms with Crippen LogP contribution in [0.4, 0.5) is 0 Å². The highest BCUT2D eigenvalue weighted by Crippen LogP contribution is 2.15. The lowest BCUT2D eigenvalue weighted by Gasteiger charge is -2.18. The van der Waals surface area contributed by atoms with E-state index in [4.69, 9.17) is 14.2 Å². The number of allylic oxidation sites excluding steroid dienone is 8. The van der Waals surface area contributed by atoms with Gasteiger partial charge in [-0.2, -0.15) is 0 Å². The topological polar surface area (TPSA) is 78.9 Å². The maximum Gasteiger partial charge on any atom is 0.306 e. The van der Waals surface area contributed by atoms with Gasteiger partial charge in [-0.15, -0.1) is 0 Å². The van der Waals surface area contributed by atoms with Gasteiger partial charge in [-0.1, -0.05) is 211 Å². The van der Waals surface area contributed by atoms with Gasteiger partial charge >= 0.3 is 17.9 Å². The Labute approximate surface area is 378 Å². The Balaban J connectivity index is 4.11. The normalized spacial score (nSPS) is 12.4. The second-order valence-corrected chi connectivity index (χ2v) is 17.4. The third-order valence-electron chi connectivity index (χ3n) is 11.3. The molecule has 6 nitrogen and oxygen atoms in total. The number of rotatable bonds is 47. The van der Waals surface area contributed by atoms with Gasteiger partial charge in [0, 0.05) is 19.3 Å². The molecule has 0 heterocycles. The standard InChI is InChI=1S/C55H98O6/c1-4-7-10-13-16-18-20-22-23-24-25-26-27-28-29-30-31-32-33-34-36-37-39-42-45-48-54(57)60-51-52(50-59-53(56)47-44-41-15-12-9-6-3)61-55(58)49-46-43-40-38-35-21-19-17-14-11-8-5-2/h17,19-20,22,24-25,27-28,52H,4-16,18,21,23,26,29-51H2,1-3H3/b19-17-,22-20-,25-24-,28-27-. The average Bonchev–Trinajstić information content (AvgIpc) is 3.26. The predicted octanol–water partition coefficient (Wildman–Crippen LogP) is 17.1. The molecule has 1 atom stereocenters. The van der Waals surface area contributed by atoms with Crippen LogP contribution in [-0.2, 0) is 28.6 Å². The molecule has 0 saturated heterocycles. The first-order valence-electron chi connectivity index (χ1n) is 26.1. The monoisotopic (exact) mass is 855 g/mol. The first-order chi connectivity index (χ1) is 30.0. The van der Waals surface area contributed by atoms with E-state index in [-0.39, 0.29) is 31.1 Å². The van der Waals surface area contributed by atoms with E-state index in [1.54, 1.807) is 0 Å². The molecule has 1 unspecified atom stereocenters. The molecule has 0 N–H and O–H groups in total. The molecule has 0 aromatic rings. The largest absolute Gasteiger partial charge is 0.462 e. The highest BCUT2D eigenvalue weighted by molar-refractivity contribution is 5.71. The predicted molar refractivity (Wildman–Crippen MR) is 261 cm³/mol. The first kappa shape index (κ1) is 58.4. The summed E-state index contributed by atoms with van der Waals surface area (Å²) in [5.74, 6) is -0.896. The fourth-order valence-corrected chi connectivity index (χ4v) is 7.33. The smallest absolute Gasteiger partial charge is 0.306 e. The van der Waals surface area contributed by atoms with Crippen molar-refractivity contribution < 1.29 is 28.6 Å². The number of ether oxygens (including phenoxy) is 3. The van der Waals surface area contributed by atoms with Crippen molar-refractivity contribution in [1.82, 2.24) is 0 Å². The van der Waals surface area contributed by atoms with Gasteiger partial charge in [0.15, 0.2) is 6.10 Å². The Morgan fingerprint density at radius 2 is 0.590 bits per heavy atom. The average molecular weight is 855 g/mol. The molecule has 0 amide bonds. The third-order valence-corrected chi connectivity index (χ3v) is 11.3. The van der Waals surface area contributed by atoms with Crippen LogP contribution in [0.25, 0.3) is 0 Å². The van der Waals surface area contributed by atoms with E-state index in [1.807, 2.05) is 0 Å². The summed E-state index contributed by atoms with van der Waals surface area (Å²) in [4.78, 5) is 37.7. The van der Waals surface area contributed by atoms with Crippen LogP contribution < -0.4 is 0 Å². The molecule has 61 heavy (non-hydrogen) atoms. The molecule has 0 radical (unpaired) electrons. The Morgan fingerprint density at radius 1 is 0.328 bits per heavy atom. The van der Waals surface area contributed by atoms with E-state index in [0.717, 1.165) is 83.5 Å². The van der Waals surface area contributed by atoms with Crippen LogP contribution in [0.15, 0.2) is 48.6 Å². The molecule has 0 aliphatic carbocycles. The van der Waals surface area contributed by atoms with E-state index in [0.29, 0.717) is 19.3 Å². The molecule has 354 valence electrons. The van der Waals surface area contributed by atoms with Gasteiger partial charge in [0.05, 0.1) is 0 Å². The molecule has 0 aromatic carbocycles. The molecule has 0 bridgehead atoms. The van der Waals surface area contributed by atoms with Gasteiger partial charge < -0.3 is 14.2 Å². The van der Waals surface area contributed by atoms with Crippen molar-refractivity contribution in [3.05, 3.63) is 48.6 Å². The van der Waals surface area contributed by atoms with Gasteiger partial charge in [0.25, 0.3) is 0 Å². The first-order valence-corrected chi connectivity index (χ1v) is 26.1. The van der Waals surface area contributed by atoms with Crippen molar-refractivity contribution in [2.45, 2.75) is 271 Å². The summed E-state index contributed by atoms with van der Waals surface area (Å²) < 4.78 is 16.7. The van der Waals surface area contributed by atoms with Crippen LogP contribution in [0.3, 0.4) is 0 Å². The van der Waals surface area contributed by atoms with E-state index >= 15 is 0 Å². The lowest BCUT2D eigenvalue weighted by Crippen LogP contribution is -2.30. The van der Waals surface area contributed by atoms with Gasteiger partial charge in [0.1, 0.15) is 13.2 Å². The van der Waals surface area contributed by atoms with Crippen molar-refractivity contribution in [2.75, 3.05) is 13.2 Å². The zero-order chi connectivity index (χ0) is 44.4. The van der Waals surface area contributed by atoms with Gasteiger partial charge in [0.2, 0.25) is 0 Å². The second kappa shape index (κ2) is 50.0. The molecule has 0 fully saturated rings. The van der Waals surface area contributed by atoms with Crippen molar-refractivity contribution in [3.8, 4) is 0 Å². The lowest BCUT2D eigenvalue weighted by molar-refractivity contribution is -0.167. The molecule has 0 aromatic heterocycles. The highest BCUT2D eigenvalue weighted by Gasteiger charge is 2.19. The van der Waals surface area contributed by atoms with Gasteiger partial charge in [-0.25, -0.2) is 0 Å². The summed E-state index contributed by atoms with van der Waals surface area (Å²) in [6, 6.07) is 0. The fourth-order valence-electron chi connectivity index (χ4n) is 7.33. The highest BCUT2D eigenvalue weighted by atomic mass is 16.6. The lowest BCUT2D eigenvalue weighted by atomic mass is 10.1. The quantitative estimate of drug-likeness (QED) is 0.0263. The maximum atomic E-state index is 12.7. The van der Waals surface area contributed by atoms with Crippen LogP contribution in [0, 0.1) is 0 Å². The number of carbonyl (C=O) groups excluding carboxylic acids is 3. The summed E-state index contributed by atoms with van der Waals surface area (Å²) in [6.07, 6.45) is 59.8. The molecule has 0 aliphatic heterocycles. The van der Waals surface area contributed by atoms with Gasteiger partial charge in [-0.05, 0) is 83.5 Å². The van der Waals surface area contributed by atoms with Crippen molar-refractivity contribution in [1.29, 1.82) is 0 Å². The number of hydrogen-bond donors (Lipinski definition) is 0. The van der Waals surface area contributed by atoms with Crippen LogP contribution in [-0.4, -0.2) is 37.2 Å². The van der Waals surface area contributed by atoms with Crippen LogP contribution in [0.2, 0.25) is 0 Å². The SMILES string of the molecule is CCCCC/C=C\CCCCCCCC(=O)OC(COC(=O)CCCCCCCC)COC(=O)CCCCCCCCCCCC/C=C\C/C=C\C/C=C\CCCCCCC. The summed E-state index contributed by atoms with van der Waals surface area (Å²) in [7, 11) is 0. The summed E-state index contributed by atoms with van der Waals surface area (Å²) in [6.45, 7) is 6.54. The molecule has 0 saturated carbocycles. The number of unbranched alkanes of at least 4 members (excludes halogenated alkanes) is 28. The Hall–Kier alpha value is -2.63. The summed E-state index contributed by atoms with van der Waals surface area (Å²) in [5.41, 5.74) is 0. The zero-order valence-corrected chi connectivity index (χ0v) is 40.4. The number of carbonyl (C=O) groups is 3. The molecular formula is C55H98O6. The molecule has 0 spiro atoms. The molecular weight excluding hydrogens is 757 g/mol. The fraction of sp³-hybridized carbons (Fsp3) is 0.800.